The van der Waals surface area contributed by atoms with E-state index < -0.39 is 5.97 Å². The summed E-state index contributed by atoms with van der Waals surface area (Å²) in [6.45, 7) is 5.90. The Hall–Kier alpha value is -2.11. The van der Waals surface area contributed by atoms with Crippen LogP contribution < -0.4 is 0 Å². The molecule has 2 N–H and O–H groups in total. The molecule has 1 saturated heterocycles. The fraction of sp³-hybridized carbons (Fsp3) is 0.611. The number of carbonyl (C=O) groups is 3. The minimum absolute atomic E-state index is 0.0410. The van der Waals surface area contributed by atoms with Gasteiger partial charge in [-0.2, -0.15) is 0 Å². The van der Waals surface area contributed by atoms with E-state index in [1.807, 2.05) is 13.8 Å². The predicted octanol–water partition coefficient (Wildman–Crippen LogP) is 2.95. The average molecular weight is 334 g/mol. The van der Waals surface area contributed by atoms with Crippen molar-refractivity contribution in [3.05, 3.63) is 22.5 Å². The van der Waals surface area contributed by atoms with Crippen molar-refractivity contribution in [2.75, 3.05) is 6.54 Å². The number of nitrogens with one attached hydrogen (secondary N) is 1. The van der Waals surface area contributed by atoms with E-state index in [1.54, 1.807) is 4.90 Å². The molecule has 6 nitrogen and oxygen atoms in total. The summed E-state index contributed by atoms with van der Waals surface area (Å²) in [5.41, 5.74) is 2.59. The summed E-state index contributed by atoms with van der Waals surface area (Å²) in [4.78, 5) is 40.7. The van der Waals surface area contributed by atoms with Crippen LogP contribution in [0.15, 0.2) is 0 Å². The molecule has 1 unspecified atom stereocenters. The number of likely N-dealkylation sites (tertiary alicyclic amines) is 1. The van der Waals surface area contributed by atoms with Crippen molar-refractivity contribution in [3.63, 3.8) is 0 Å². The third-order valence-corrected chi connectivity index (χ3v) is 4.79. The molecule has 0 saturated carbocycles. The van der Waals surface area contributed by atoms with Crippen LogP contribution >= 0.6 is 0 Å². The molecule has 6 heteroatoms. The summed E-state index contributed by atoms with van der Waals surface area (Å²) >= 11 is 0. The van der Waals surface area contributed by atoms with E-state index in [-0.39, 0.29) is 24.2 Å². The second-order valence-electron chi connectivity index (χ2n) is 6.47. The van der Waals surface area contributed by atoms with E-state index in [9.17, 15) is 14.4 Å². The first kappa shape index (κ1) is 18.2. The van der Waals surface area contributed by atoms with E-state index in [2.05, 4.69) is 4.98 Å². The predicted molar refractivity (Wildman–Crippen MR) is 90.5 cm³/mol. The molecule has 1 fully saturated rings. The van der Waals surface area contributed by atoms with Crippen LogP contribution in [0.5, 0.6) is 0 Å². The highest BCUT2D eigenvalue weighted by molar-refractivity contribution is 6.02. The van der Waals surface area contributed by atoms with Gasteiger partial charge in [0.05, 0.1) is 0 Å². The number of ketones is 1. The van der Waals surface area contributed by atoms with Crippen LogP contribution in [0.4, 0.5) is 0 Å². The molecule has 0 bridgehead atoms. The molecular weight excluding hydrogens is 308 g/mol. The maximum atomic E-state index is 13.1. The summed E-state index contributed by atoms with van der Waals surface area (Å²) in [5, 5.41) is 8.92. The zero-order valence-electron chi connectivity index (χ0n) is 14.6. The van der Waals surface area contributed by atoms with Crippen molar-refractivity contribution in [1.82, 2.24) is 9.88 Å². The number of aromatic amines is 1. The third kappa shape index (κ3) is 3.68. The van der Waals surface area contributed by atoms with Gasteiger partial charge in [0, 0.05) is 30.3 Å². The lowest BCUT2D eigenvalue weighted by Crippen LogP contribution is -2.44. The van der Waals surface area contributed by atoms with E-state index in [1.165, 1.54) is 6.92 Å². The fourth-order valence-corrected chi connectivity index (χ4v) is 3.69. The van der Waals surface area contributed by atoms with Crippen LogP contribution in [0.1, 0.15) is 78.1 Å². The second kappa shape index (κ2) is 7.64. The fourth-order valence-electron chi connectivity index (χ4n) is 3.69. The maximum Gasteiger partial charge on any atom is 0.303 e. The molecule has 1 aromatic rings. The molecule has 0 aliphatic carbocycles. The number of aromatic nitrogens is 1. The lowest BCUT2D eigenvalue weighted by Gasteiger charge is -2.35. The number of hydrogen-bond donors (Lipinski definition) is 2. The first-order chi connectivity index (χ1) is 11.4. The number of Topliss-reactive ketones (excluding diaryl/α,β-unsaturated/α-hetero) is 1. The number of hydrogen-bond acceptors (Lipinski definition) is 3. The minimum Gasteiger partial charge on any atom is -0.481 e. The van der Waals surface area contributed by atoms with Gasteiger partial charge in [0.2, 0.25) is 0 Å². The highest BCUT2D eigenvalue weighted by Crippen LogP contribution is 2.26. The van der Waals surface area contributed by atoms with Gasteiger partial charge in [-0.15, -0.1) is 0 Å². The monoisotopic (exact) mass is 334 g/mol. The van der Waals surface area contributed by atoms with Crippen LogP contribution in [0.2, 0.25) is 0 Å². The second-order valence-corrected chi connectivity index (χ2v) is 6.47. The van der Waals surface area contributed by atoms with Gasteiger partial charge in [-0.1, -0.05) is 6.92 Å². The number of carbonyl (C=O) groups excluding carboxylic acids is 2. The zero-order valence-corrected chi connectivity index (χ0v) is 14.6. The molecule has 1 amide bonds. The first-order valence-corrected chi connectivity index (χ1v) is 8.61. The highest BCUT2D eigenvalue weighted by Gasteiger charge is 2.31. The van der Waals surface area contributed by atoms with E-state index in [0.717, 1.165) is 30.5 Å². The van der Waals surface area contributed by atoms with E-state index in [0.29, 0.717) is 30.6 Å². The Labute approximate surface area is 142 Å². The van der Waals surface area contributed by atoms with Crippen LogP contribution in [-0.2, 0) is 11.2 Å². The Morgan fingerprint density at radius 3 is 2.58 bits per heavy atom. The number of aryl methyl sites for hydroxylation is 1. The topological polar surface area (TPSA) is 90.5 Å². The number of nitrogens with zero attached hydrogens (tertiary/aromatic N) is 1. The Morgan fingerprint density at radius 1 is 1.29 bits per heavy atom. The molecular formula is C18H26N2O4. The Balaban J connectivity index is 2.30. The standard InChI is InChI=1S/C18H26N2O4/c1-4-14-16(12(3)21)11(2)19-17(14)18(24)20-10-6-5-7-13(20)8-9-15(22)23/h13,19H,4-10H2,1-3H3,(H,22,23). The molecule has 1 aromatic heterocycles. The van der Waals surface area contributed by atoms with Gasteiger partial charge in [-0.25, -0.2) is 0 Å². The molecule has 2 rings (SSSR count). The van der Waals surface area contributed by atoms with Crippen LogP contribution in [0, 0.1) is 6.92 Å². The molecule has 2 heterocycles. The van der Waals surface area contributed by atoms with Gasteiger partial charge in [-0.05, 0) is 51.5 Å². The molecule has 132 valence electrons. The smallest absolute Gasteiger partial charge is 0.303 e. The number of amides is 1. The maximum absolute atomic E-state index is 13.1. The zero-order chi connectivity index (χ0) is 17.9. The van der Waals surface area contributed by atoms with Crippen LogP contribution in [0.25, 0.3) is 0 Å². The van der Waals surface area contributed by atoms with Crippen molar-refractivity contribution in [2.24, 2.45) is 0 Å². The van der Waals surface area contributed by atoms with Crippen molar-refractivity contribution in [1.29, 1.82) is 0 Å². The van der Waals surface area contributed by atoms with Crippen LogP contribution in [0.3, 0.4) is 0 Å². The van der Waals surface area contributed by atoms with Gasteiger partial charge in [-0.3, -0.25) is 14.4 Å². The highest BCUT2D eigenvalue weighted by atomic mass is 16.4. The van der Waals surface area contributed by atoms with Crippen molar-refractivity contribution < 1.29 is 19.5 Å². The summed E-state index contributed by atoms with van der Waals surface area (Å²) in [6, 6.07) is -0.0450. The van der Waals surface area contributed by atoms with Gasteiger partial charge in [0.1, 0.15) is 5.69 Å². The van der Waals surface area contributed by atoms with E-state index >= 15 is 0 Å². The third-order valence-electron chi connectivity index (χ3n) is 4.79. The molecule has 0 radical (unpaired) electrons. The molecule has 1 atom stereocenters. The summed E-state index contributed by atoms with van der Waals surface area (Å²) < 4.78 is 0. The lowest BCUT2D eigenvalue weighted by molar-refractivity contribution is -0.137. The quantitative estimate of drug-likeness (QED) is 0.783. The number of rotatable bonds is 6. The number of piperidine rings is 1. The largest absolute Gasteiger partial charge is 0.481 e. The van der Waals surface area contributed by atoms with Crippen molar-refractivity contribution in [3.8, 4) is 0 Å². The minimum atomic E-state index is -0.836. The van der Waals surface area contributed by atoms with Crippen LogP contribution in [-0.4, -0.2) is 45.2 Å². The number of carboxylic acids is 1. The normalized spacial score (nSPS) is 17.8. The van der Waals surface area contributed by atoms with Crippen molar-refractivity contribution in [2.45, 2.75) is 65.3 Å². The lowest BCUT2D eigenvalue weighted by atomic mass is 9.96. The molecule has 1 aliphatic rings. The average Bonchev–Trinajstić information content (AvgIpc) is 2.89. The SMILES string of the molecule is CCc1c(C(=O)N2CCCCC2CCC(=O)O)[nH]c(C)c1C(C)=O. The molecule has 1 aliphatic heterocycles. The Morgan fingerprint density at radius 2 is 2.00 bits per heavy atom. The van der Waals surface area contributed by atoms with Crippen molar-refractivity contribution >= 4 is 17.7 Å². The van der Waals surface area contributed by atoms with Gasteiger partial charge >= 0.3 is 5.97 Å². The summed E-state index contributed by atoms with van der Waals surface area (Å²) in [6.07, 6.45) is 3.92. The molecule has 0 spiro atoms. The molecule has 0 aromatic carbocycles. The van der Waals surface area contributed by atoms with E-state index in [4.69, 9.17) is 5.11 Å². The first-order valence-electron chi connectivity index (χ1n) is 8.61. The number of aliphatic carboxylic acids is 1. The number of carboxylic acid groups (broad SMARTS) is 1. The van der Waals surface area contributed by atoms with Gasteiger partial charge in [0.15, 0.2) is 5.78 Å². The Kier molecular flexibility index (Phi) is 5.80. The Bertz CT molecular complexity index is 648. The van der Waals surface area contributed by atoms with Gasteiger partial charge < -0.3 is 15.0 Å². The molecule has 24 heavy (non-hydrogen) atoms. The summed E-state index contributed by atoms with van der Waals surface area (Å²) in [5.74, 6) is -0.991. The summed E-state index contributed by atoms with van der Waals surface area (Å²) in [7, 11) is 0. The number of H-pyrrole nitrogens is 1. The van der Waals surface area contributed by atoms with Gasteiger partial charge in [0.25, 0.3) is 5.91 Å².